The Labute approximate surface area is 171 Å². The fourth-order valence-corrected chi connectivity index (χ4v) is 3.11. The second kappa shape index (κ2) is 7.92. The molecule has 0 fully saturated rings. The van der Waals surface area contributed by atoms with Crippen LogP contribution in [-0.2, 0) is 0 Å². The third kappa shape index (κ3) is 4.11. The standard InChI is InChI=1S/C20H15ClN2O4S/c21-13-3-1-2-12(10-13)15-6-7-17(27-15)19(24)23-20(28)22-14-4-5-16-18(11-14)26-9-8-25-16/h1-7,10-11H,8-9H2,(H2,22,23,24,28). The first kappa shape index (κ1) is 18.3. The summed E-state index contributed by atoms with van der Waals surface area (Å²) in [4.78, 5) is 12.4. The number of ether oxygens (including phenoxy) is 2. The molecular weight excluding hydrogens is 400 g/mol. The van der Waals surface area contributed by atoms with Gasteiger partial charge in [0.15, 0.2) is 22.4 Å². The number of furan rings is 1. The number of anilines is 1. The molecule has 1 aliphatic heterocycles. The van der Waals surface area contributed by atoms with E-state index in [1.54, 1.807) is 42.5 Å². The molecule has 8 heteroatoms. The Morgan fingerprint density at radius 2 is 1.82 bits per heavy atom. The summed E-state index contributed by atoms with van der Waals surface area (Å²) >= 11 is 11.2. The number of hydrogen-bond acceptors (Lipinski definition) is 5. The van der Waals surface area contributed by atoms with Gasteiger partial charge >= 0.3 is 0 Å². The maximum absolute atomic E-state index is 12.4. The van der Waals surface area contributed by atoms with E-state index in [2.05, 4.69) is 10.6 Å². The summed E-state index contributed by atoms with van der Waals surface area (Å²) in [7, 11) is 0. The van der Waals surface area contributed by atoms with E-state index in [1.807, 2.05) is 12.1 Å². The minimum Gasteiger partial charge on any atom is -0.486 e. The molecule has 0 aliphatic carbocycles. The lowest BCUT2D eigenvalue weighted by molar-refractivity contribution is 0.0951. The number of carbonyl (C=O) groups is 1. The lowest BCUT2D eigenvalue weighted by Gasteiger charge is -2.19. The summed E-state index contributed by atoms with van der Waals surface area (Å²) in [6, 6.07) is 15.8. The van der Waals surface area contributed by atoms with E-state index in [1.165, 1.54) is 0 Å². The average molecular weight is 415 g/mol. The molecule has 1 aromatic heterocycles. The molecule has 2 aromatic carbocycles. The van der Waals surface area contributed by atoms with Crippen LogP contribution in [-0.4, -0.2) is 24.2 Å². The predicted octanol–water partition coefficient (Wildman–Crippen LogP) is 4.50. The number of thiocarbonyl (C=S) groups is 1. The number of carbonyl (C=O) groups excluding carboxylic acids is 1. The first-order chi connectivity index (χ1) is 13.6. The van der Waals surface area contributed by atoms with Crippen LogP contribution in [0.5, 0.6) is 11.5 Å². The molecule has 142 valence electrons. The number of rotatable bonds is 3. The molecule has 2 N–H and O–H groups in total. The maximum Gasteiger partial charge on any atom is 0.293 e. The summed E-state index contributed by atoms with van der Waals surface area (Å²) < 4.78 is 16.6. The minimum atomic E-state index is -0.455. The maximum atomic E-state index is 12.4. The molecule has 0 saturated heterocycles. The Kier molecular flexibility index (Phi) is 5.18. The van der Waals surface area contributed by atoms with Crippen molar-refractivity contribution in [2.75, 3.05) is 18.5 Å². The average Bonchev–Trinajstić information content (AvgIpc) is 3.18. The predicted molar refractivity (Wildman–Crippen MR) is 110 cm³/mol. The van der Waals surface area contributed by atoms with Gasteiger partial charge in [-0.3, -0.25) is 10.1 Å². The van der Waals surface area contributed by atoms with E-state index in [4.69, 9.17) is 37.7 Å². The van der Waals surface area contributed by atoms with Gasteiger partial charge in [0.1, 0.15) is 19.0 Å². The Morgan fingerprint density at radius 3 is 2.64 bits per heavy atom. The third-order valence-corrected chi connectivity index (χ3v) is 4.41. The van der Waals surface area contributed by atoms with Crippen molar-refractivity contribution in [2.45, 2.75) is 0 Å². The van der Waals surface area contributed by atoms with Crippen molar-refractivity contribution in [1.82, 2.24) is 5.32 Å². The van der Waals surface area contributed by atoms with Gasteiger partial charge < -0.3 is 19.2 Å². The van der Waals surface area contributed by atoms with Gasteiger partial charge in [0.2, 0.25) is 0 Å². The molecule has 0 unspecified atom stereocenters. The van der Waals surface area contributed by atoms with Crippen molar-refractivity contribution in [2.24, 2.45) is 0 Å². The lowest BCUT2D eigenvalue weighted by atomic mass is 10.2. The third-order valence-electron chi connectivity index (χ3n) is 3.97. The van der Waals surface area contributed by atoms with Crippen molar-refractivity contribution in [1.29, 1.82) is 0 Å². The highest BCUT2D eigenvalue weighted by Gasteiger charge is 2.15. The van der Waals surface area contributed by atoms with Crippen LogP contribution in [0.25, 0.3) is 11.3 Å². The van der Waals surface area contributed by atoms with Gasteiger partial charge in [0.25, 0.3) is 5.91 Å². The zero-order valence-corrected chi connectivity index (χ0v) is 16.1. The van der Waals surface area contributed by atoms with Gasteiger partial charge in [0.05, 0.1) is 0 Å². The van der Waals surface area contributed by atoms with Crippen LogP contribution < -0.4 is 20.1 Å². The summed E-state index contributed by atoms with van der Waals surface area (Å²) in [6.45, 7) is 1.01. The van der Waals surface area contributed by atoms with E-state index >= 15 is 0 Å². The van der Waals surface area contributed by atoms with Crippen LogP contribution in [0.3, 0.4) is 0 Å². The highest BCUT2D eigenvalue weighted by Crippen LogP contribution is 2.32. The second-order valence-electron chi connectivity index (χ2n) is 5.94. The van der Waals surface area contributed by atoms with E-state index in [-0.39, 0.29) is 10.9 Å². The molecule has 1 aliphatic rings. The number of hydrogen-bond donors (Lipinski definition) is 2. The molecule has 0 spiro atoms. The van der Waals surface area contributed by atoms with Gasteiger partial charge in [-0.1, -0.05) is 23.7 Å². The van der Waals surface area contributed by atoms with Gasteiger partial charge in [-0.25, -0.2) is 0 Å². The Hall–Kier alpha value is -3.03. The number of fused-ring (bicyclic) bond motifs is 1. The summed E-state index contributed by atoms with van der Waals surface area (Å²) in [6.07, 6.45) is 0. The Balaban J connectivity index is 1.40. The molecule has 6 nitrogen and oxygen atoms in total. The van der Waals surface area contributed by atoms with Crippen molar-refractivity contribution in [3.63, 3.8) is 0 Å². The van der Waals surface area contributed by atoms with Crippen LogP contribution in [0.4, 0.5) is 5.69 Å². The van der Waals surface area contributed by atoms with Crippen molar-refractivity contribution in [3.05, 3.63) is 65.4 Å². The van der Waals surface area contributed by atoms with E-state index in [9.17, 15) is 4.79 Å². The fraction of sp³-hybridized carbons (Fsp3) is 0.100. The topological polar surface area (TPSA) is 72.7 Å². The quantitative estimate of drug-likeness (QED) is 0.615. The monoisotopic (exact) mass is 414 g/mol. The molecule has 0 atom stereocenters. The summed E-state index contributed by atoms with van der Waals surface area (Å²) in [5, 5.41) is 6.26. The van der Waals surface area contributed by atoms with Crippen molar-refractivity contribution < 1.29 is 18.7 Å². The summed E-state index contributed by atoms with van der Waals surface area (Å²) in [5.74, 6) is 1.53. The molecule has 0 radical (unpaired) electrons. The fourth-order valence-electron chi connectivity index (χ4n) is 2.70. The molecular formula is C20H15ClN2O4S. The number of benzene rings is 2. The van der Waals surface area contributed by atoms with Gasteiger partial charge in [-0.15, -0.1) is 0 Å². The van der Waals surface area contributed by atoms with Crippen LogP contribution in [0, 0.1) is 0 Å². The molecule has 0 saturated carbocycles. The molecule has 4 rings (SSSR count). The molecule has 1 amide bonds. The summed E-state index contributed by atoms with van der Waals surface area (Å²) in [5.41, 5.74) is 1.46. The smallest absolute Gasteiger partial charge is 0.293 e. The second-order valence-corrected chi connectivity index (χ2v) is 6.79. The molecule has 28 heavy (non-hydrogen) atoms. The van der Waals surface area contributed by atoms with Crippen molar-refractivity contribution in [3.8, 4) is 22.8 Å². The normalized spacial score (nSPS) is 12.3. The molecule has 0 bridgehead atoms. The van der Waals surface area contributed by atoms with Crippen LogP contribution in [0.15, 0.2) is 59.0 Å². The van der Waals surface area contributed by atoms with E-state index in [0.29, 0.717) is 41.2 Å². The first-order valence-electron chi connectivity index (χ1n) is 8.46. The molecule has 2 heterocycles. The highest BCUT2D eigenvalue weighted by atomic mass is 35.5. The van der Waals surface area contributed by atoms with E-state index in [0.717, 1.165) is 5.56 Å². The Morgan fingerprint density at radius 1 is 1.00 bits per heavy atom. The highest BCUT2D eigenvalue weighted by molar-refractivity contribution is 7.80. The lowest BCUT2D eigenvalue weighted by Crippen LogP contribution is -2.33. The van der Waals surface area contributed by atoms with Crippen LogP contribution in [0.2, 0.25) is 5.02 Å². The molecule has 3 aromatic rings. The Bertz CT molecular complexity index is 1050. The SMILES string of the molecule is O=C(NC(=S)Nc1ccc2c(c1)OCCO2)c1ccc(-c2cccc(Cl)c2)o1. The minimum absolute atomic E-state index is 0.140. The van der Waals surface area contributed by atoms with Crippen molar-refractivity contribution >= 4 is 40.5 Å². The number of nitrogens with one attached hydrogen (secondary N) is 2. The van der Waals surface area contributed by atoms with E-state index < -0.39 is 5.91 Å². The van der Waals surface area contributed by atoms with Gasteiger partial charge in [-0.2, -0.15) is 0 Å². The first-order valence-corrected chi connectivity index (χ1v) is 9.25. The van der Waals surface area contributed by atoms with Crippen LogP contribution in [0.1, 0.15) is 10.6 Å². The number of halogens is 1. The van der Waals surface area contributed by atoms with Crippen LogP contribution >= 0.6 is 23.8 Å². The zero-order chi connectivity index (χ0) is 19.5. The zero-order valence-electron chi connectivity index (χ0n) is 14.5. The van der Waals surface area contributed by atoms with Gasteiger partial charge in [0, 0.05) is 22.3 Å². The van der Waals surface area contributed by atoms with Gasteiger partial charge in [-0.05, 0) is 48.6 Å². The number of amides is 1. The largest absolute Gasteiger partial charge is 0.486 e.